The van der Waals surface area contributed by atoms with Gasteiger partial charge in [-0.3, -0.25) is 10.1 Å². The summed E-state index contributed by atoms with van der Waals surface area (Å²) in [7, 11) is -1.98. The van der Waals surface area contributed by atoms with Gasteiger partial charge in [0.05, 0.1) is 10.5 Å². The minimum atomic E-state index is -1.98. The molecule has 0 unspecified atom stereocenters. The molecule has 0 radical (unpaired) electrons. The van der Waals surface area contributed by atoms with E-state index < -0.39 is 13.2 Å². The van der Waals surface area contributed by atoms with Crippen LogP contribution in [0.15, 0.2) is 24.3 Å². The van der Waals surface area contributed by atoms with Crippen molar-refractivity contribution in [2.75, 3.05) is 0 Å². The lowest BCUT2D eigenvalue weighted by Crippen LogP contribution is -2.38. The molecule has 0 aliphatic rings. The number of nitro benzene ring substituents is 1. The molecule has 0 N–H and O–H groups in total. The molecular formula is C13H19NO4Si. The molecule has 0 aliphatic heterocycles. The van der Waals surface area contributed by atoms with Crippen molar-refractivity contribution in [1.29, 1.82) is 0 Å². The number of carbonyl (C=O) groups excluding carboxylic acids is 1. The van der Waals surface area contributed by atoms with Gasteiger partial charge in [0, 0.05) is 12.1 Å². The van der Waals surface area contributed by atoms with Crippen molar-refractivity contribution in [2.24, 2.45) is 0 Å². The molecule has 0 aliphatic carbocycles. The first-order valence-electron chi connectivity index (χ1n) is 6.45. The fraction of sp³-hybridized carbons (Fsp3) is 0.462. The van der Waals surface area contributed by atoms with E-state index in [9.17, 15) is 14.9 Å². The van der Waals surface area contributed by atoms with Gasteiger partial charge in [-0.15, -0.1) is 0 Å². The van der Waals surface area contributed by atoms with Crippen LogP contribution >= 0.6 is 0 Å². The van der Waals surface area contributed by atoms with Gasteiger partial charge in [-0.05, 0) is 30.3 Å². The lowest BCUT2D eigenvalue weighted by Gasteiger charge is -2.27. The van der Waals surface area contributed by atoms with Crippen LogP contribution in [-0.2, 0) is 4.43 Å². The SMILES string of the molecule is CC[Si](CC)(CC)OC(=O)c1ccc([N+](=O)[O-])cc1. The minimum absolute atomic E-state index is 0.0264. The standard InChI is InChI=1S/C13H19NO4Si/c1-4-19(5-2,6-3)18-13(15)11-7-9-12(10-8-11)14(16)17/h7-10H,4-6H2,1-3H3. The van der Waals surface area contributed by atoms with Crippen molar-refractivity contribution in [3.05, 3.63) is 39.9 Å². The summed E-state index contributed by atoms with van der Waals surface area (Å²) in [6.07, 6.45) is 0. The Balaban J connectivity index is 2.86. The Bertz CT molecular complexity index is 446. The molecule has 1 rings (SSSR count). The summed E-state index contributed by atoms with van der Waals surface area (Å²) in [6.45, 7) is 6.13. The molecule has 0 aromatic heterocycles. The summed E-state index contributed by atoms with van der Waals surface area (Å²) < 4.78 is 5.70. The smallest absolute Gasteiger partial charge is 0.324 e. The van der Waals surface area contributed by atoms with Crippen LogP contribution in [0.1, 0.15) is 31.1 Å². The zero-order valence-electron chi connectivity index (χ0n) is 11.5. The van der Waals surface area contributed by atoms with E-state index in [2.05, 4.69) is 0 Å². The van der Waals surface area contributed by atoms with Gasteiger partial charge in [0.25, 0.3) is 14.0 Å². The molecule has 19 heavy (non-hydrogen) atoms. The molecule has 0 bridgehead atoms. The summed E-state index contributed by atoms with van der Waals surface area (Å²) in [6, 6.07) is 8.20. The van der Waals surface area contributed by atoms with E-state index in [4.69, 9.17) is 4.43 Å². The van der Waals surface area contributed by atoms with Crippen molar-refractivity contribution in [3.8, 4) is 0 Å². The fourth-order valence-electron chi connectivity index (χ4n) is 1.94. The van der Waals surface area contributed by atoms with Gasteiger partial charge in [0.2, 0.25) is 0 Å². The Morgan fingerprint density at radius 2 is 1.63 bits per heavy atom. The molecular weight excluding hydrogens is 262 g/mol. The number of hydrogen-bond donors (Lipinski definition) is 0. The zero-order valence-corrected chi connectivity index (χ0v) is 12.5. The number of non-ortho nitro benzene ring substituents is 1. The average Bonchev–Trinajstić information content (AvgIpc) is 2.45. The predicted molar refractivity (Wildman–Crippen MR) is 75.7 cm³/mol. The molecule has 5 nitrogen and oxygen atoms in total. The van der Waals surface area contributed by atoms with E-state index in [0.717, 1.165) is 18.1 Å². The van der Waals surface area contributed by atoms with Gasteiger partial charge in [0.15, 0.2) is 0 Å². The Hall–Kier alpha value is -1.69. The lowest BCUT2D eigenvalue weighted by atomic mass is 10.2. The van der Waals surface area contributed by atoms with Gasteiger partial charge < -0.3 is 4.43 Å². The van der Waals surface area contributed by atoms with Crippen molar-refractivity contribution < 1.29 is 14.1 Å². The molecule has 0 saturated carbocycles. The van der Waals surface area contributed by atoms with Gasteiger partial charge in [-0.25, -0.2) is 4.79 Å². The quantitative estimate of drug-likeness (QED) is 0.452. The van der Waals surface area contributed by atoms with Crippen molar-refractivity contribution in [3.63, 3.8) is 0 Å². The molecule has 0 amide bonds. The molecule has 0 saturated heterocycles. The monoisotopic (exact) mass is 281 g/mol. The van der Waals surface area contributed by atoms with Crippen LogP contribution < -0.4 is 0 Å². The number of rotatable bonds is 6. The number of benzene rings is 1. The maximum atomic E-state index is 12.1. The van der Waals surface area contributed by atoms with E-state index in [1.54, 1.807) is 0 Å². The summed E-state index contributed by atoms with van der Waals surface area (Å²) in [5.74, 6) is -0.368. The molecule has 0 spiro atoms. The highest BCUT2D eigenvalue weighted by atomic mass is 28.4. The Morgan fingerprint density at radius 1 is 1.16 bits per heavy atom. The third-order valence-corrected chi connectivity index (χ3v) is 8.04. The molecule has 0 heterocycles. The summed E-state index contributed by atoms with van der Waals surface area (Å²) in [5.41, 5.74) is 0.347. The predicted octanol–water partition coefficient (Wildman–Crippen LogP) is 3.76. The molecule has 104 valence electrons. The topological polar surface area (TPSA) is 69.4 Å². The third-order valence-electron chi connectivity index (χ3n) is 3.56. The second-order valence-electron chi connectivity index (χ2n) is 4.44. The van der Waals surface area contributed by atoms with Crippen LogP contribution in [0.5, 0.6) is 0 Å². The maximum Gasteiger partial charge on any atom is 0.324 e. The van der Waals surface area contributed by atoms with E-state index >= 15 is 0 Å². The van der Waals surface area contributed by atoms with Crippen LogP contribution in [0.25, 0.3) is 0 Å². The van der Waals surface area contributed by atoms with Crippen LogP contribution in [-0.4, -0.2) is 19.2 Å². The minimum Gasteiger partial charge on any atom is -0.516 e. The van der Waals surface area contributed by atoms with Crippen molar-refractivity contribution in [2.45, 2.75) is 38.9 Å². The highest BCUT2D eigenvalue weighted by Crippen LogP contribution is 2.23. The number of hydrogen-bond acceptors (Lipinski definition) is 4. The van der Waals surface area contributed by atoms with Gasteiger partial charge in [-0.2, -0.15) is 0 Å². The number of carbonyl (C=O) groups is 1. The fourth-order valence-corrected chi connectivity index (χ4v) is 4.39. The first kappa shape index (κ1) is 15.4. The molecule has 1 aromatic carbocycles. The van der Waals surface area contributed by atoms with Gasteiger partial charge in [-0.1, -0.05) is 20.8 Å². The number of nitrogens with zero attached hydrogens (tertiary/aromatic N) is 1. The average molecular weight is 281 g/mol. The first-order chi connectivity index (χ1) is 8.98. The van der Waals surface area contributed by atoms with E-state index in [-0.39, 0.29) is 11.7 Å². The Morgan fingerprint density at radius 3 is 2.00 bits per heavy atom. The normalized spacial score (nSPS) is 11.1. The Labute approximate surface area is 113 Å². The van der Waals surface area contributed by atoms with Crippen LogP contribution in [0.4, 0.5) is 5.69 Å². The Kier molecular flexibility index (Phi) is 5.23. The summed E-state index contributed by atoms with van der Waals surface area (Å²) in [4.78, 5) is 22.1. The van der Waals surface area contributed by atoms with Crippen LogP contribution in [0.3, 0.4) is 0 Å². The third kappa shape index (κ3) is 3.63. The first-order valence-corrected chi connectivity index (χ1v) is 8.98. The van der Waals surface area contributed by atoms with Crippen LogP contribution in [0, 0.1) is 10.1 Å². The second kappa shape index (κ2) is 6.47. The molecule has 6 heteroatoms. The highest BCUT2D eigenvalue weighted by molar-refractivity contribution is 6.75. The van der Waals surface area contributed by atoms with Gasteiger partial charge >= 0.3 is 5.97 Å². The summed E-state index contributed by atoms with van der Waals surface area (Å²) in [5, 5.41) is 10.5. The van der Waals surface area contributed by atoms with E-state index in [0.29, 0.717) is 5.56 Å². The number of nitro groups is 1. The molecule has 1 aromatic rings. The molecule has 0 fully saturated rings. The molecule has 0 atom stereocenters. The van der Waals surface area contributed by atoms with Gasteiger partial charge in [0.1, 0.15) is 0 Å². The second-order valence-corrected chi connectivity index (χ2v) is 9.13. The van der Waals surface area contributed by atoms with Crippen molar-refractivity contribution in [1.82, 2.24) is 0 Å². The maximum absolute atomic E-state index is 12.1. The van der Waals surface area contributed by atoms with Crippen LogP contribution in [0.2, 0.25) is 18.1 Å². The largest absolute Gasteiger partial charge is 0.516 e. The summed E-state index contributed by atoms with van der Waals surface area (Å²) >= 11 is 0. The van der Waals surface area contributed by atoms with E-state index in [1.165, 1.54) is 24.3 Å². The van der Waals surface area contributed by atoms with E-state index in [1.807, 2.05) is 20.8 Å². The highest BCUT2D eigenvalue weighted by Gasteiger charge is 2.33. The zero-order chi connectivity index (χ0) is 14.5. The van der Waals surface area contributed by atoms with Crippen molar-refractivity contribution >= 4 is 20.0 Å². The lowest BCUT2D eigenvalue weighted by molar-refractivity contribution is -0.384.